The van der Waals surface area contributed by atoms with Crippen LogP contribution in [0.3, 0.4) is 0 Å². The van der Waals surface area contributed by atoms with Crippen LogP contribution in [0, 0.1) is 0 Å². The molecule has 0 aliphatic heterocycles. The molecule has 4 nitrogen and oxygen atoms in total. The van der Waals surface area contributed by atoms with E-state index in [1.807, 2.05) is 12.1 Å². The summed E-state index contributed by atoms with van der Waals surface area (Å²) < 4.78 is 4.84. The zero-order valence-corrected chi connectivity index (χ0v) is 10.5. The number of benzene rings is 1. The number of carbonyl (C=O) groups is 1. The average molecular weight is 265 g/mol. The summed E-state index contributed by atoms with van der Waals surface area (Å²) in [6.07, 6.45) is 3.98. The third-order valence-electron chi connectivity index (χ3n) is 2.46. The quantitative estimate of drug-likeness (QED) is 0.901. The summed E-state index contributed by atoms with van der Waals surface area (Å²) in [6, 6.07) is 7.25. The van der Waals surface area contributed by atoms with Crippen molar-refractivity contribution in [3.63, 3.8) is 0 Å². The lowest BCUT2D eigenvalue weighted by Gasteiger charge is -2.04. The first-order valence-electron chi connectivity index (χ1n) is 5.62. The van der Waals surface area contributed by atoms with E-state index in [4.69, 9.17) is 16.0 Å². The van der Waals surface area contributed by atoms with Crippen LogP contribution in [0.15, 0.2) is 41.3 Å². The van der Waals surface area contributed by atoms with Crippen LogP contribution in [-0.4, -0.2) is 17.4 Å². The van der Waals surface area contributed by atoms with Crippen LogP contribution in [0.25, 0.3) is 0 Å². The Labute approximate surface area is 110 Å². The summed E-state index contributed by atoms with van der Waals surface area (Å²) in [5, 5.41) is 3.50. The Morgan fingerprint density at radius 3 is 2.78 bits per heavy atom. The molecule has 0 bridgehead atoms. The van der Waals surface area contributed by atoms with Crippen LogP contribution in [0.4, 0.5) is 0 Å². The Kier molecular flexibility index (Phi) is 4.36. The van der Waals surface area contributed by atoms with Gasteiger partial charge in [0.15, 0.2) is 6.39 Å². The van der Waals surface area contributed by atoms with E-state index in [0.29, 0.717) is 24.4 Å². The Morgan fingerprint density at radius 1 is 1.33 bits per heavy atom. The normalized spacial score (nSPS) is 10.3. The molecule has 0 aliphatic carbocycles. The van der Waals surface area contributed by atoms with Crippen molar-refractivity contribution in [1.29, 1.82) is 0 Å². The summed E-state index contributed by atoms with van der Waals surface area (Å²) in [6.45, 7) is 0.555. The van der Waals surface area contributed by atoms with Gasteiger partial charge in [0.05, 0.1) is 12.1 Å². The predicted molar refractivity (Wildman–Crippen MR) is 68.4 cm³/mol. The van der Waals surface area contributed by atoms with E-state index in [-0.39, 0.29) is 5.91 Å². The maximum Gasteiger partial charge on any atom is 0.224 e. The maximum absolute atomic E-state index is 11.6. The number of nitrogens with one attached hydrogen (secondary N) is 1. The van der Waals surface area contributed by atoms with Gasteiger partial charge in [-0.15, -0.1) is 0 Å². The second-order valence-electron chi connectivity index (χ2n) is 3.88. The molecule has 1 N–H and O–H groups in total. The molecule has 1 amide bonds. The Hall–Kier alpha value is -1.81. The number of nitrogens with zero attached hydrogens (tertiary/aromatic N) is 1. The molecule has 0 saturated carbocycles. The minimum absolute atomic E-state index is 0.0131. The van der Waals surface area contributed by atoms with Gasteiger partial charge < -0.3 is 9.73 Å². The van der Waals surface area contributed by atoms with E-state index in [1.165, 1.54) is 6.39 Å². The average Bonchev–Trinajstić information content (AvgIpc) is 2.85. The van der Waals surface area contributed by atoms with Gasteiger partial charge in [-0.1, -0.05) is 23.7 Å². The van der Waals surface area contributed by atoms with Crippen molar-refractivity contribution in [2.45, 2.75) is 12.8 Å². The van der Waals surface area contributed by atoms with Gasteiger partial charge >= 0.3 is 0 Å². The molecule has 18 heavy (non-hydrogen) atoms. The molecule has 2 rings (SSSR count). The van der Waals surface area contributed by atoms with Crippen molar-refractivity contribution in [2.24, 2.45) is 0 Å². The summed E-state index contributed by atoms with van der Waals surface area (Å²) in [5.74, 6) is -0.0131. The van der Waals surface area contributed by atoms with E-state index in [9.17, 15) is 4.79 Å². The number of oxazole rings is 1. The fourth-order valence-corrected chi connectivity index (χ4v) is 1.67. The maximum atomic E-state index is 11.6. The molecular weight excluding hydrogens is 252 g/mol. The van der Waals surface area contributed by atoms with Crippen LogP contribution in [0.2, 0.25) is 5.02 Å². The molecule has 1 aromatic heterocycles. The molecular formula is C13H13ClN2O2. The first-order chi connectivity index (χ1) is 8.74. The van der Waals surface area contributed by atoms with Crippen molar-refractivity contribution < 1.29 is 9.21 Å². The molecule has 1 heterocycles. The van der Waals surface area contributed by atoms with Crippen molar-refractivity contribution in [3.8, 4) is 0 Å². The second kappa shape index (κ2) is 6.21. The first-order valence-corrected chi connectivity index (χ1v) is 6.00. The SMILES string of the molecule is O=C(Cc1ccc(Cl)cc1)NCCc1cocn1. The smallest absolute Gasteiger partial charge is 0.224 e. The zero-order chi connectivity index (χ0) is 12.8. The zero-order valence-electron chi connectivity index (χ0n) is 9.73. The number of hydrogen-bond donors (Lipinski definition) is 1. The van der Waals surface area contributed by atoms with Crippen LogP contribution in [-0.2, 0) is 17.6 Å². The molecule has 1 aromatic carbocycles. The van der Waals surface area contributed by atoms with Crippen molar-refractivity contribution in [3.05, 3.63) is 53.2 Å². The lowest BCUT2D eigenvalue weighted by atomic mass is 10.1. The summed E-state index contributed by atoms with van der Waals surface area (Å²) in [5.41, 5.74) is 1.78. The van der Waals surface area contributed by atoms with Gasteiger partial charge in [0.1, 0.15) is 6.26 Å². The lowest BCUT2D eigenvalue weighted by Crippen LogP contribution is -2.27. The highest BCUT2D eigenvalue weighted by atomic mass is 35.5. The van der Waals surface area contributed by atoms with Gasteiger partial charge in [-0.3, -0.25) is 4.79 Å². The first kappa shape index (κ1) is 12.6. The highest BCUT2D eigenvalue weighted by Crippen LogP contribution is 2.09. The monoisotopic (exact) mass is 264 g/mol. The van der Waals surface area contributed by atoms with Crippen molar-refractivity contribution in [1.82, 2.24) is 10.3 Å². The van der Waals surface area contributed by atoms with E-state index < -0.39 is 0 Å². The van der Waals surface area contributed by atoms with Gasteiger partial charge in [0.25, 0.3) is 0 Å². The molecule has 0 saturated heterocycles. The van der Waals surface area contributed by atoms with E-state index in [1.54, 1.807) is 18.4 Å². The van der Waals surface area contributed by atoms with Crippen LogP contribution in [0.1, 0.15) is 11.3 Å². The number of carbonyl (C=O) groups excluding carboxylic acids is 1. The fourth-order valence-electron chi connectivity index (χ4n) is 1.54. The third-order valence-corrected chi connectivity index (χ3v) is 2.72. The highest BCUT2D eigenvalue weighted by molar-refractivity contribution is 6.30. The van der Waals surface area contributed by atoms with Gasteiger partial charge in [-0.05, 0) is 17.7 Å². The number of rotatable bonds is 5. The minimum atomic E-state index is -0.0131. The van der Waals surface area contributed by atoms with E-state index in [2.05, 4.69) is 10.3 Å². The van der Waals surface area contributed by atoms with Gasteiger partial charge in [0, 0.05) is 18.0 Å². The van der Waals surface area contributed by atoms with E-state index in [0.717, 1.165) is 11.3 Å². The topological polar surface area (TPSA) is 55.1 Å². The fraction of sp³-hybridized carbons (Fsp3) is 0.231. The molecule has 94 valence electrons. The van der Waals surface area contributed by atoms with Crippen molar-refractivity contribution >= 4 is 17.5 Å². The standard InChI is InChI=1S/C13H13ClN2O2/c14-11-3-1-10(2-4-11)7-13(17)15-6-5-12-8-18-9-16-12/h1-4,8-9H,5-7H2,(H,15,17). The van der Waals surface area contributed by atoms with Crippen LogP contribution >= 0.6 is 11.6 Å². The van der Waals surface area contributed by atoms with E-state index >= 15 is 0 Å². The molecule has 5 heteroatoms. The van der Waals surface area contributed by atoms with Gasteiger partial charge in [0.2, 0.25) is 5.91 Å². The molecule has 0 atom stereocenters. The second-order valence-corrected chi connectivity index (χ2v) is 4.32. The largest absolute Gasteiger partial charge is 0.451 e. The molecule has 0 radical (unpaired) electrons. The Balaban J connectivity index is 1.73. The summed E-state index contributed by atoms with van der Waals surface area (Å²) in [7, 11) is 0. The number of halogens is 1. The van der Waals surface area contributed by atoms with Gasteiger partial charge in [-0.2, -0.15) is 0 Å². The Morgan fingerprint density at radius 2 is 2.11 bits per heavy atom. The van der Waals surface area contributed by atoms with Crippen LogP contribution < -0.4 is 5.32 Å². The van der Waals surface area contributed by atoms with Gasteiger partial charge in [-0.25, -0.2) is 4.98 Å². The lowest BCUT2D eigenvalue weighted by molar-refractivity contribution is -0.120. The number of aromatic nitrogens is 1. The minimum Gasteiger partial charge on any atom is -0.451 e. The molecule has 0 spiro atoms. The van der Waals surface area contributed by atoms with Crippen molar-refractivity contribution in [2.75, 3.05) is 6.54 Å². The third kappa shape index (κ3) is 3.89. The number of amides is 1. The summed E-state index contributed by atoms with van der Waals surface area (Å²) >= 11 is 5.77. The predicted octanol–water partition coefficient (Wildman–Crippen LogP) is 2.23. The molecule has 0 aliphatic rings. The summed E-state index contributed by atoms with van der Waals surface area (Å²) in [4.78, 5) is 15.6. The number of hydrogen-bond acceptors (Lipinski definition) is 3. The molecule has 0 fully saturated rings. The van der Waals surface area contributed by atoms with Crippen LogP contribution in [0.5, 0.6) is 0 Å². The Bertz CT molecular complexity index is 494. The molecule has 2 aromatic rings. The molecule has 0 unspecified atom stereocenters. The highest BCUT2D eigenvalue weighted by Gasteiger charge is 2.03.